The van der Waals surface area contributed by atoms with Gasteiger partial charge in [0.15, 0.2) is 5.75 Å². The molecule has 1 fully saturated rings. The van der Waals surface area contributed by atoms with E-state index in [1.54, 1.807) is 0 Å². The van der Waals surface area contributed by atoms with Crippen molar-refractivity contribution in [2.24, 2.45) is 0 Å². The number of halogens is 2. The zero-order valence-electron chi connectivity index (χ0n) is 18.2. The van der Waals surface area contributed by atoms with Crippen LogP contribution in [0, 0.1) is 5.82 Å². The van der Waals surface area contributed by atoms with Crippen LogP contribution in [0.4, 0.5) is 9.18 Å². The third-order valence-corrected chi connectivity index (χ3v) is 6.47. The second kappa shape index (κ2) is 9.39. The maximum atomic E-state index is 13.4. The van der Waals surface area contributed by atoms with Gasteiger partial charge < -0.3 is 19.9 Å². The molecule has 2 aromatic carbocycles. The number of carboxylic acid groups (broad SMARTS) is 1. The van der Waals surface area contributed by atoms with Gasteiger partial charge in [-0.3, -0.25) is 0 Å². The van der Waals surface area contributed by atoms with E-state index >= 15 is 0 Å². The Hall–Kier alpha value is -3.13. The molecule has 0 spiro atoms. The third kappa shape index (κ3) is 5.45. The van der Waals surface area contributed by atoms with E-state index in [2.05, 4.69) is 40.1 Å². The summed E-state index contributed by atoms with van der Waals surface area (Å²) in [4.78, 5) is 14.6. The normalized spacial score (nSPS) is 17.7. The third-order valence-electron chi connectivity index (χ3n) is 5.88. The van der Waals surface area contributed by atoms with Crippen LogP contribution in [0.25, 0.3) is 0 Å². The monoisotopic (exact) mass is 514 g/mol. The zero-order valence-corrected chi connectivity index (χ0v) is 19.8. The highest BCUT2D eigenvalue weighted by molar-refractivity contribution is 9.10. The van der Waals surface area contributed by atoms with Gasteiger partial charge in [0.05, 0.1) is 6.20 Å². The van der Waals surface area contributed by atoms with E-state index in [-0.39, 0.29) is 17.6 Å². The molecule has 0 radical (unpaired) electrons. The maximum absolute atomic E-state index is 13.4. The lowest BCUT2D eigenvalue weighted by Gasteiger charge is -2.35. The average Bonchev–Trinajstić information content (AvgIpc) is 2.75. The molecule has 1 amide bonds. The fourth-order valence-corrected chi connectivity index (χ4v) is 4.10. The van der Waals surface area contributed by atoms with E-state index in [9.17, 15) is 9.18 Å². The van der Waals surface area contributed by atoms with E-state index in [1.807, 2.05) is 48.5 Å². The van der Waals surface area contributed by atoms with Gasteiger partial charge in [-0.1, -0.05) is 38.1 Å². The van der Waals surface area contributed by atoms with Crippen LogP contribution in [0.1, 0.15) is 37.8 Å². The minimum atomic E-state index is -0.997. The van der Waals surface area contributed by atoms with Crippen molar-refractivity contribution < 1.29 is 23.8 Å². The van der Waals surface area contributed by atoms with Crippen molar-refractivity contribution in [2.45, 2.75) is 44.2 Å². The summed E-state index contributed by atoms with van der Waals surface area (Å²) < 4.78 is 25.6. The fraction of sp³-hybridized carbons (Fsp3) is 0.280. The molecule has 0 bridgehead atoms. The molecule has 1 saturated carbocycles. The number of nitrogens with zero attached hydrogens (tertiary/aromatic N) is 1. The molecule has 33 heavy (non-hydrogen) atoms. The number of amides is 1. The Kier molecular flexibility index (Phi) is 6.56. The van der Waals surface area contributed by atoms with Crippen LogP contribution < -0.4 is 14.8 Å². The van der Waals surface area contributed by atoms with E-state index in [0.29, 0.717) is 28.9 Å². The van der Waals surface area contributed by atoms with Crippen molar-refractivity contribution in [2.75, 3.05) is 0 Å². The lowest BCUT2D eigenvalue weighted by atomic mass is 9.78. The molecule has 0 aliphatic heterocycles. The lowest BCUT2D eigenvalue weighted by Crippen LogP contribution is -2.48. The SMILES string of the molecule is CC(C)(c1ccc(Oc2cc(F)cnc2Br)cc1)c1ccc(OC2CC(NC(=O)O)C2)cc1. The zero-order chi connectivity index (χ0) is 23.6. The number of benzene rings is 2. The number of nitrogens with one attached hydrogen (secondary N) is 1. The standard InChI is InChI=1S/C25H24BrFN2O4/c1-25(2,15-3-7-19(8-4-15)32-21-12-18(13-21)29-24(30)31)16-5-9-20(10-6-16)33-22-11-17(27)14-28-23(22)26/h3-11,14,18,21,29H,12-13H2,1-2H3,(H,30,31). The maximum Gasteiger partial charge on any atom is 0.404 e. The molecular weight excluding hydrogens is 491 g/mol. The molecule has 1 aromatic heterocycles. The Balaban J connectivity index is 1.39. The molecule has 6 nitrogen and oxygen atoms in total. The number of pyridine rings is 1. The van der Waals surface area contributed by atoms with Gasteiger partial charge in [0.1, 0.15) is 28.0 Å². The smallest absolute Gasteiger partial charge is 0.404 e. The highest BCUT2D eigenvalue weighted by Crippen LogP contribution is 2.35. The van der Waals surface area contributed by atoms with Crippen LogP contribution in [0.2, 0.25) is 0 Å². The van der Waals surface area contributed by atoms with E-state index in [0.717, 1.165) is 23.1 Å². The second-order valence-electron chi connectivity index (χ2n) is 8.58. The van der Waals surface area contributed by atoms with Crippen molar-refractivity contribution >= 4 is 22.0 Å². The summed E-state index contributed by atoms with van der Waals surface area (Å²) in [6, 6.07) is 16.9. The molecule has 1 heterocycles. The summed E-state index contributed by atoms with van der Waals surface area (Å²) >= 11 is 3.27. The van der Waals surface area contributed by atoms with Gasteiger partial charge in [-0.2, -0.15) is 0 Å². The van der Waals surface area contributed by atoms with Gasteiger partial charge in [-0.15, -0.1) is 0 Å². The van der Waals surface area contributed by atoms with Gasteiger partial charge in [-0.25, -0.2) is 14.2 Å². The Morgan fingerprint density at radius 1 is 1.09 bits per heavy atom. The summed E-state index contributed by atoms with van der Waals surface area (Å²) in [7, 11) is 0. The van der Waals surface area contributed by atoms with Gasteiger partial charge in [0.25, 0.3) is 0 Å². The predicted molar refractivity (Wildman–Crippen MR) is 126 cm³/mol. The molecule has 0 unspecified atom stereocenters. The first-order valence-electron chi connectivity index (χ1n) is 10.6. The van der Waals surface area contributed by atoms with E-state index in [1.165, 1.54) is 6.07 Å². The van der Waals surface area contributed by atoms with Crippen molar-refractivity contribution in [3.63, 3.8) is 0 Å². The van der Waals surface area contributed by atoms with Crippen molar-refractivity contribution in [1.29, 1.82) is 0 Å². The summed E-state index contributed by atoms with van der Waals surface area (Å²) in [6.07, 6.45) is 1.51. The number of hydrogen-bond acceptors (Lipinski definition) is 4. The minimum absolute atomic E-state index is 0.0292. The molecule has 4 rings (SSSR count). The summed E-state index contributed by atoms with van der Waals surface area (Å²) in [5.74, 6) is 1.20. The number of carbonyl (C=O) groups is 1. The number of hydrogen-bond donors (Lipinski definition) is 2. The molecule has 1 aliphatic carbocycles. The van der Waals surface area contributed by atoms with Crippen molar-refractivity contribution in [1.82, 2.24) is 10.3 Å². The number of rotatable bonds is 7. The Labute approximate surface area is 199 Å². The van der Waals surface area contributed by atoms with Gasteiger partial charge in [0, 0.05) is 30.4 Å². The Bertz CT molecular complexity index is 1130. The molecule has 0 saturated heterocycles. The molecular formula is C25H24BrFN2O4. The second-order valence-corrected chi connectivity index (χ2v) is 9.33. The molecule has 1 aliphatic rings. The van der Waals surface area contributed by atoms with Crippen LogP contribution in [-0.4, -0.2) is 28.3 Å². The first kappa shape index (κ1) is 23.0. The quantitative estimate of drug-likeness (QED) is 0.362. The van der Waals surface area contributed by atoms with Crippen LogP contribution >= 0.6 is 15.9 Å². The fourth-order valence-electron chi connectivity index (χ4n) is 3.81. The summed E-state index contributed by atoms with van der Waals surface area (Å²) in [5.41, 5.74) is 1.96. The van der Waals surface area contributed by atoms with Crippen LogP contribution in [0.15, 0.2) is 65.4 Å². The molecule has 2 N–H and O–H groups in total. The van der Waals surface area contributed by atoms with E-state index < -0.39 is 11.9 Å². The lowest BCUT2D eigenvalue weighted by molar-refractivity contribution is 0.0833. The summed E-state index contributed by atoms with van der Waals surface area (Å²) in [5, 5.41) is 11.2. The first-order chi connectivity index (χ1) is 15.7. The van der Waals surface area contributed by atoms with Crippen LogP contribution in [-0.2, 0) is 5.41 Å². The predicted octanol–water partition coefficient (Wildman–Crippen LogP) is 6.28. The van der Waals surface area contributed by atoms with Gasteiger partial charge >= 0.3 is 6.09 Å². The Morgan fingerprint density at radius 3 is 2.24 bits per heavy atom. The van der Waals surface area contributed by atoms with Gasteiger partial charge in [0.2, 0.25) is 0 Å². The first-order valence-corrected chi connectivity index (χ1v) is 11.4. The average molecular weight is 515 g/mol. The highest BCUT2D eigenvalue weighted by Gasteiger charge is 2.32. The Morgan fingerprint density at radius 2 is 1.67 bits per heavy atom. The van der Waals surface area contributed by atoms with Crippen molar-refractivity contribution in [3.05, 3.63) is 82.3 Å². The minimum Gasteiger partial charge on any atom is -0.490 e. The number of ether oxygens (including phenoxy) is 2. The van der Waals surface area contributed by atoms with Gasteiger partial charge in [-0.05, 0) is 51.3 Å². The topological polar surface area (TPSA) is 80.7 Å². The molecule has 3 aromatic rings. The van der Waals surface area contributed by atoms with Crippen LogP contribution in [0.5, 0.6) is 17.2 Å². The molecule has 8 heteroatoms. The summed E-state index contributed by atoms with van der Waals surface area (Å²) in [6.45, 7) is 4.28. The van der Waals surface area contributed by atoms with E-state index in [4.69, 9.17) is 14.6 Å². The van der Waals surface area contributed by atoms with Crippen molar-refractivity contribution in [3.8, 4) is 17.2 Å². The number of aromatic nitrogens is 1. The molecule has 172 valence electrons. The largest absolute Gasteiger partial charge is 0.490 e. The highest BCUT2D eigenvalue weighted by atomic mass is 79.9. The molecule has 0 atom stereocenters. The van der Waals surface area contributed by atoms with Crippen LogP contribution in [0.3, 0.4) is 0 Å².